The van der Waals surface area contributed by atoms with Crippen LogP contribution in [0.2, 0.25) is 0 Å². The van der Waals surface area contributed by atoms with Gasteiger partial charge >= 0.3 is 6.09 Å². The lowest BCUT2D eigenvalue weighted by Crippen LogP contribution is -2.32. The lowest BCUT2D eigenvalue weighted by molar-refractivity contribution is 0.190. The average molecular weight is 284 g/mol. The van der Waals surface area contributed by atoms with E-state index in [0.717, 1.165) is 27.6 Å². The number of nitrogens with one attached hydrogen (secondary N) is 3. The second-order valence-electron chi connectivity index (χ2n) is 5.12. The van der Waals surface area contributed by atoms with Gasteiger partial charge in [-0.3, -0.25) is 5.10 Å². The minimum absolute atomic E-state index is 0.130. The molecule has 0 bridgehead atoms. The maximum absolute atomic E-state index is 10.7. The van der Waals surface area contributed by atoms with Crippen molar-refractivity contribution in [2.45, 2.75) is 19.4 Å². The third kappa shape index (κ3) is 2.74. The van der Waals surface area contributed by atoms with Gasteiger partial charge in [-0.25, -0.2) is 4.79 Å². The molecule has 4 N–H and O–H groups in total. The average Bonchev–Trinajstić information content (AvgIpc) is 3.07. The summed E-state index contributed by atoms with van der Waals surface area (Å²) in [4.78, 5) is 13.9. The van der Waals surface area contributed by atoms with Crippen LogP contribution in [0.4, 0.5) is 4.79 Å². The van der Waals surface area contributed by atoms with E-state index in [1.54, 1.807) is 6.20 Å². The molecule has 1 atom stereocenters. The molecule has 0 saturated carbocycles. The van der Waals surface area contributed by atoms with Crippen LogP contribution in [0.3, 0.4) is 0 Å². The zero-order chi connectivity index (χ0) is 14.8. The summed E-state index contributed by atoms with van der Waals surface area (Å²) >= 11 is 0. The fourth-order valence-electron chi connectivity index (χ4n) is 2.54. The van der Waals surface area contributed by atoms with Crippen molar-refractivity contribution in [3.63, 3.8) is 0 Å². The van der Waals surface area contributed by atoms with Gasteiger partial charge in [0.15, 0.2) is 0 Å². The molecule has 6 heteroatoms. The molecule has 21 heavy (non-hydrogen) atoms. The smallest absolute Gasteiger partial charge is 0.404 e. The SMILES string of the molecule is C[C@H](Cc1c[nH]c2cc(-c3cn[nH]c3)ccc12)NC(=O)O. The van der Waals surface area contributed by atoms with Crippen molar-refractivity contribution in [1.29, 1.82) is 0 Å². The summed E-state index contributed by atoms with van der Waals surface area (Å²) in [5.74, 6) is 0. The van der Waals surface area contributed by atoms with Gasteiger partial charge < -0.3 is 15.4 Å². The van der Waals surface area contributed by atoms with Crippen molar-refractivity contribution in [2.24, 2.45) is 0 Å². The van der Waals surface area contributed by atoms with Gasteiger partial charge in [-0.2, -0.15) is 5.10 Å². The lowest BCUT2D eigenvalue weighted by atomic mass is 10.0. The van der Waals surface area contributed by atoms with Crippen molar-refractivity contribution in [1.82, 2.24) is 20.5 Å². The van der Waals surface area contributed by atoms with Gasteiger partial charge in [-0.1, -0.05) is 12.1 Å². The van der Waals surface area contributed by atoms with E-state index in [-0.39, 0.29) is 6.04 Å². The molecule has 108 valence electrons. The van der Waals surface area contributed by atoms with E-state index in [9.17, 15) is 4.79 Å². The number of rotatable bonds is 4. The predicted octanol–water partition coefficient (Wildman–Crippen LogP) is 2.76. The molecule has 0 unspecified atom stereocenters. The molecule has 0 aliphatic heterocycles. The molecule has 2 heterocycles. The van der Waals surface area contributed by atoms with Crippen LogP contribution in [0.5, 0.6) is 0 Å². The Morgan fingerprint density at radius 2 is 2.24 bits per heavy atom. The first-order valence-corrected chi connectivity index (χ1v) is 6.72. The summed E-state index contributed by atoms with van der Waals surface area (Å²) in [7, 11) is 0. The van der Waals surface area contributed by atoms with Gasteiger partial charge in [0.05, 0.1) is 6.20 Å². The highest BCUT2D eigenvalue weighted by atomic mass is 16.4. The van der Waals surface area contributed by atoms with Gasteiger partial charge in [0.1, 0.15) is 0 Å². The van der Waals surface area contributed by atoms with Gasteiger partial charge in [0.2, 0.25) is 0 Å². The summed E-state index contributed by atoms with van der Waals surface area (Å²) in [5, 5.41) is 19.1. The number of hydrogen-bond donors (Lipinski definition) is 4. The lowest BCUT2D eigenvalue weighted by Gasteiger charge is -2.10. The number of nitrogens with zero attached hydrogens (tertiary/aromatic N) is 1. The molecular weight excluding hydrogens is 268 g/mol. The van der Waals surface area contributed by atoms with Crippen LogP contribution in [0, 0.1) is 0 Å². The quantitative estimate of drug-likeness (QED) is 0.593. The second kappa shape index (κ2) is 5.32. The first kappa shape index (κ1) is 13.2. The summed E-state index contributed by atoms with van der Waals surface area (Å²) in [6, 6.07) is 6.03. The Balaban J connectivity index is 1.87. The highest BCUT2D eigenvalue weighted by molar-refractivity contribution is 5.87. The molecule has 0 fully saturated rings. The van der Waals surface area contributed by atoms with Crippen molar-refractivity contribution in [2.75, 3.05) is 0 Å². The van der Waals surface area contributed by atoms with Crippen molar-refractivity contribution < 1.29 is 9.90 Å². The van der Waals surface area contributed by atoms with E-state index >= 15 is 0 Å². The van der Waals surface area contributed by atoms with Crippen molar-refractivity contribution in [3.8, 4) is 11.1 Å². The maximum atomic E-state index is 10.7. The third-order valence-corrected chi connectivity index (χ3v) is 3.49. The number of fused-ring (bicyclic) bond motifs is 1. The van der Waals surface area contributed by atoms with Gasteiger partial charge in [0, 0.05) is 34.9 Å². The largest absolute Gasteiger partial charge is 0.465 e. The minimum Gasteiger partial charge on any atom is -0.465 e. The molecule has 0 spiro atoms. The highest BCUT2D eigenvalue weighted by Crippen LogP contribution is 2.26. The van der Waals surface area contributed by atoms with Crippen LogP contribution in [-0.4, -0.2) is 32.4 Å². The van der Waals surface area contributed by atoms with Crippen LogP contribution in [0.15, 0.2) is 36.8 Å². The van der Waals surface area contributed by atoms with E-state index in [4.69, 9.17) is 5.11 Å². The number of aromatic amines is 2. The van der Waals surface area contributed by atoms with Crippen LogP contribution in [0.25, 0.3) is 22.0 Å². The summed E-state index contributed by atoms with van der Waals surface area (Å²) in [6.45, 7) is 1.85. The zero-order valence-electron chi connectivity index (χ0n) is 11.6. The normalized spacial score (nSPS) is 12.4. The highest BCUT2D eigenvalue weighted by Gasteiger charge is 2.11. The van der Waals surface area contributed by atoms with Crippen LogP contribution < -0.4 is 5.32 Å². The van der Waals surface area contributed by atoms with Crippen LogP contribution in [0.1, 0.15) is 12.5 Å². The molecule has 0 aliphatic carbocycles. The van der Waals surface area contributed by atoms with Crippen molar-refractivity contribution in [3.05, 3.63) is 42.4 Å². The van der Waals surface area contributed by atoms with Crippen molar-refractivity contribution >= 4 is 17.0 Å². The fraction of sp³-hybridized carbons (Fsp3) is 0.200. The second-order valence-corrected chi connectivity index (χ2v) is 5.12. The zero-order valence-corrected chi connectivity index (χ0v) is 11.6. The number of hydrogen-bond acceptors (Lipinski definition) is 2. The van der Waals surface area contributed by atoms with E-state index in [2.05, 4.69) is 32.6 Å². The molecule has 0 aliphatic rings. The minimum atomic E-state index is -0.996. The topological polar surface area (TPSA) is 93.8 Å². The summed E-state index contributed by atoms with van der Waals surface area (Å²) < 4.78 is 0. The molecule has 0 saturated heterocycles. The monoisotopic (exact) mass is 284 g/mol. The standard InChI is InChI=1S/C15H16N4O2/c1-9(19-15(20)21)4-11-6-16-14-5-10(2-3-13(11)14)12-7-17-18-8-12/h2-3,5-9,16,19H,4H2,1H3,(H,17,18)(H,20,21)/t9-/m1/s1. The number of carbonyl (C=O) groups is 1. The Kier molecular flexibility index (Phi) is 3.35. The molecule has 1 aromatic carbocycles. The Morgan fingerprint density at radius 1 is 1.38 bits per heavy atom. The number of amides is 1. The number of benzene rings is 1. The Labute approximate surface area is 121 Å². The van der Waals surface area contributed by atoms with E-state index < -0.39 is 6.09 Å². The molecule has 3 aromatic rings. The summed E-state index contributed by atoms with van der Waals surface area (Å²) in [6.07, 6.45) is 5.22. The molecule has 3 rings (SSSR count). The molecule has 2 aromatic heterocycles. The third-order valence-electron chi connectivity index (χ3n) is 3.49. The molecule has 1 amide bonds. The predicted molar refractivity (Wildman–Crippen MR) is 80.2 cm³/mol. The molecule has 0 radical (unpaired) electrons. The van der Waals surface area contributed by atoms with Gasteiger partial charge in [-0.05, 0) is 30.5 Å². The molecule has 6 nitrogen and oxygen atoms in total. The first-order valence-electron chi connectivity index (χ1n) is 6.72. The number of carboxylic acid groups (broad SMARTS) is 1. The van der Waals surface area contributed by atoms with E-state index in [0.29, 0.717) is 6.42 Å². The maximum Gasteiger partial charge on any atom is 0.404 e. The summed E-state index contributed by atoms with van der Waals surface area (Å²) in [5.41, 5.74) is 4.26. The first-order chi connectivity index (χ1) is 10.1. The Hall–Kier alpha value is -2.76. The fourth-order valence-corrected chi connectivity index (χ4v) is 2.54. The number of aromatic nitrogens is 3. The van der Waals surface area contributed by atoms with Gasteiger partial charge in [-0.15, -0.1) is 0 Å². The van der Waals surface area contributed by atoms with E-state index in [1.165, 1.54) is 0 Å². The van der Waals surface area contributed by atoms with Crippen LogP contribution in [-0.2, 0) is 6.42 Å². The Bertz CT molecular complexity index is 761. The van der Waals surface area contributed by atoms with Crippen LogP contribution >= 0.6 is 0 Å². The van der Waals surface area contributed by atoms with Gasteiger partial charge in [0.25, 0.3) is 0 Å². The Morgan fingerprint density at radius 3 is 2.95 bits per heavy atom. The molecular formula is C15H16N4O2. The van der Waals surface area contributed by atoms with E-state index in [1.807, 2.05) is 25.4 Å². The number of H-pyrrole nitrogens is 2.